The van der Waals surface area contributed by atoms with Gasteiger partial charge in [-0.3, -0.25) is 0 Å². The van der Waals surface area contributed by atoms with Crippen molar-refractivity contribution in [2.45, 2.75) is 25.4 Å². The second-order valence-electron chi connectivity index (χ2n) is 4.43. The van der Waals surface area contributed by atoms with Crippen molar-refractivity contribution in [2.75, 3.05) is 12.3 Å². The maximum atomic E-state index is 5.72. The number of nitrogens with zero attached hydrogens (tertiary/aromatic N) is 1. The molecule has 1 atom stereocenters. The van der Waals surface area contributed by atoms with Gasteiger partial charge in [0.25, 0.3) is 0 Å². The fraction of sp³-hybridized carbons (Fsp3) is 0.417. The van der Waals surface area contributed by atoms with Gasteiger partial charge in [0.2, 0.25) is 5.89 Å². The fourth-order valence-electron chi connectivity index (χ4n) is 2.12. The summed E-state index contributed by atoms with van der Waals surface area (Å²) in [5.41, 5.74) is 7.58. The van der Waals surface area contributed by atoms with Gasteiger partial charge in [0, 0.05) is 18.4 Å². The Hall–Kier alpha value is -1.55. The first kappa shape index (κ1) is 9.66. The predicted molar refractivity (Wildman–Crippen MR) is 61.0 cm³/mol. The molecule has 2 N–H and O–H groups in total. The van der Waals surface area contributed by atoms with Gasteiger partial charge in [0.05, 0.1) is 0 Å². The van der Waals surface area contributed by atoms with E-state index in [1.54, 1.807) is 6.07 Å². The number of rotatable bonds is 1. The smallest absolute Gasteiger partial charge is 0.227 e. The average molecular weight is 218 g/mol. The number of nitrogen functional groups attached to an aromatic ring is 1. The van der Waals surface area contributed by atoms with Crippen molar-refractivity contribution in [1.29, 1.82) is 0 Å². The lowest BCUT2D eigenvalue weighted by atomic mass is 10.0. The summed E-state index contributed by atoms with van der Waals surface area (Å²) in [4.78, 5) is 4.46. The molecule has 0 aliphatic carbocycles. The van der Waals surface area contributed by atoms with Gasteiger partial charge in [-0.2, -0.15) is 0 Å². The van der Waals surface area contributed by atoms with Gasteiger partial charge < -0.3 is 14.9 Å². The van der Waals surface area contributed by atoms with E-state index in [9.17, 15) is 0 Å². The zero-order chi connectivity index (χ0) is 11.2. The van der Waals surface area contributed by atoms with E-state index in [1.807, 2.05) is 19.1 Å². The first-order valence-corrected chi connectivity index (χ1v) is 5.48. The third-order valence-corrected chi connectivity index (χ3v) is 3.08. The van der Waals surface area contributed by atoms with Crippen LogP contribution in [0, 0.1) is 0 Å². The lowest BCUT2D eigenvalue weighted by Gasteiger charge is -2.17. The molecule has 1 aliphatic rings. The van der Waals surface area contributed by atoms with E-state index in [4.69, 9.17) is 14.9 Å². The van der Waals surface area contributed by atoms with E-state index in [2.05, 4.69) is 4.98 Å². The predicted octanol–water partition coefficient (Wildman–Crippen LogP) is 2.44. The Labute approximate surface area is 93.4 Å². The second-order valence-corrected chi connectivity index (χ2v) is 4.43. The highest BCUT2D eigenvalue weighted by Crippen LogP contribution is 2.36. The first-order chi connectivity index (χ1) is 7.67. The monoisotopic (exact) mass is 218 g/mol. The number of fused-ring (bicyclic) bond motifs is 1. The summed E-state index contributed by atoms with van der Waals surface area (Å²) in [7, 11) is 0. The first-order valence-electron chi connectivity index (χ1n) is 5.48. The maximum Gasteiger partial charge on any atom is 0.227 e. The summed E-state index contributed by atoms with van der Waals surface area (Å²) >= 11 is 0. The molecule has 1 aliphatic heterocycles. The Kier molecular flexibility index (Phi) is 1.94. The van der Waals surface area contributed by atoms with Crippen molar-refractivity contribution in [3.8, 4) is 0 Å². The van der Waals surface area contributed by atoms with Crippen LogP contribution in [0.4, 0.5) is 5.69 Å². The lowest BCUT2D eigenvalue weighted by molar-refractivity contribution is -0.00409. The molecule has 1 aromatic heterocycles. The molecular formula is C12H14N2O2. The highest BCUT2D eigenvalue weighted by atomic mass is 16.5. The van der Waals surface area contributed by atoms with Crippen LogP contribution in [0.3, 0.4) is 0 Å². The summed E-state index contributed by atoms with van der Waals surface area (Å²) < 4.78 is 11.4. The number of anilines is 1. The molecule has 3 rings (SSSR count). The average Bonchev–Trinajstić information content (AvgIpc) is 2.84. The number of hydrogen-bond acceptors (Lipinski definition) is 4. The summed E-state index contributed by atoms with van der Waals surface area (Å²) in [6, 6.07) is 5.49. The Morgan fingerprint density at radius 1 is 1.44 bits per heavy atom. The highest BCUT2D eigenvalue weighted by Gasteiger charge is 2.36. The minimum absolute atomic E-state index is 0.367. The minimum atomic E-state index is -0.367. The van der Waals surface area contributed by atoms with E-state index in [0.717, 1.165) is 30.5 Å². The molecule has 16 heavy (non-hydrogen) atoms. The van der Waals surface area contributed by atoms with Crippen molar-refractivity contribution in [3.05, 3.63) is 24.1 Å². The van der Waals surface area contributed by atoms with Crippen LogP contribution in [-0.2, 0) is 10.3 Å². The van der Waals surface area contributed by atoms with Crippen molar-refractivity contribution in [3.63, 3.8) is 0 Å². The third kappa shape index (κ3) is 1.38. The molecule has 0 radical (unpaired) electrons. The van der Waals surface area contributed by atoms with E-state index < -0.39 is 0 Å². The third-order valence-electron chi connectivity index (χ3n) is 3.08. The second kappa shape index (κ2) is 3.22. The Morgan fingerprint density at radius 2 is 2.31 bits per heavy atom. The normalized spacial score (nSPS) is 25.3. The van der Waals surface area contributed by atoms with Gasteiger partial charge in [0.15, 0.2) is 5.58 Å². The summed E-state index contributed by atoms with van der Waals surface area (Å²) in [5.74, 6) is 0.658. The molecule has 1 aromatic carbocycles. The van der Waals surface area contributed by atoms with Crippen molar-refractivity contribution < 1.29 is 9.15 Å². The minimum Gasteiger partial charge on any atom is -0.437 e. The summed E-state index contributed by atoms with van der Waals surface area (Å²) in [6.45, 7) is 2.80. The Bertz CT molecular complexity index is 527. The van der Waals surface area contributed by atoms with Crippen LogP contribution < -0.4 is 5.73 Å². The van der Waals surface area contributed by atoms with Gasteiger partial charge in [0.1, 0.15) is 11.1 Å². The fourth-order valence-corrected chi connectivity index (χ4v) is 2.12. The number of aromatic nitrogens is 1. The molecule has 0 amide bonds. The zero-order valence-corrected chi connectivity index (χ0v) is 9.19. The van der Waals surface area contributed by atoms with Crippen molar-refractivity contribution >= 4 is 16.8 Å². The molecule has 1 unspecified atom stereocenters. The van der Waals surface area contributed by atoms with Gasteiger partial charge in [-0.15, -0.1) is 0 Å². The number of ether oxygens (including phenoxy) is 1. The van der Waals surface area contributed by atoms with E-state index in [-0.39, 0.29) is 5.60 Å². The van der Waals surface area contributed by atoms with Crippen LogP contribution in [-0.4, -0.2) is 11.6 Å². The topological polar surface area (TPSA) is 61.3 Å². The number of hydrogen-bond donors (Lipinski definition) is 1. The van der Waals surface area contributed by atoms with Crippen LogP contribution >= 0.6 is 0 Å². The standard InChI is InChI=1S/C12H14N2O2/c1-12(5-2-6-15-12)11-14-9-4-3-8(13)7-10(9)16-11/h3-4,7H,2,5-6,13H2,1H3. The Morgan fingerprint density at radius 3 is 3.06 bits per heavy atom. The molecule has 0 bridgehead atoms. The largest absolute Gasteiger partial charge is 0.437 e. The van der Waals surface area contributed by atoms with E-state index in [0.29, 0.717) is 11.6 Å². The number of benzene rings is 1. The van der Waals surface area contributed by atoms with Gasteiger partial charge in [-0.05, 0) is 31.9 Å². The molecule has 0 spiro atoms. The molecule has 2 heterocycles. The maximum absolute atomic E-state index is 5.72. The highest BCUT2D eigenvalue weighted by molar-refractivity contribution is 5.76. The van der Waals surface area contributed by atoms with Crippen LogP contribution in [0.2, 0.25) is 0 Å². The van der Waals surface area contributed by atoms with Crippen molar-refractivity contribution in [1.82, 2.24) is 4.98 Å². The Balaban J connectivity index is 2.11. The number of oxazole rings is 1. The molecular weight excluding hydrogens is 204 g/mol. The van der Waals surface area contributed by atoms with E-state index in [1.165, 1.54) is 0 Å². The van der Waals surface area contributed by atoms with Crippen molar-refractivity contribution in [2.24, 2.45) is 0 Å². The molecule has 1 saturated heterocycles. The lowest BCUT2D eigenvalue weighted by Crippen LogP contribution is -2.20. The molecule has 1 fully saturated rings. The molecule has 0 saturated carbocycles. The van der Waals surface area contributed by atoms with E-state index >= 15 is 0 Å². The molecule has 4 nitrogen and oxygen atoms in total. The quantitative estimate of drug-likeness (QED) is 0.747. The molecule has 4 heteroatoms. The van der Waals surface area contributed by atoms with Gasteiger partial charge in [-0.1, -0.05) is 0 Å². The SMILES string of the molecule is CC1(c2nc3ccc(N)cc3o2)CCCO1. The number of nitrogens with two attached hydrogens (primary N) is 1. The summed E-state index contributed by atoms with van der Waals surface area (Å²) in [5, 5.41) is 0. The van der Waals surface area contributed by atoms with Crippen LogP contribution in [0.1, 0.15) is 25.7 Å². The van der Waals surface area contributed by atoms with Gasteiger partial charge >= 0.3 is 0 Å². The van der Waals surface area contributed by atoms with Gasteiger partial charge in [-0.25, -0.2) is 4.98 Å². The molecule has 84 valence electrons. The summed E-state index contributed by atoms with van der Waals surface area (Å²) in [6.07, 6.45) is 2.01. The van der Waals surface area contributed by atoms with Crippen LogP contribution in [0.25, 0.3) is 11.1 Å². The van der Waals surface area contributed by atoms with Crippen LogP contribution in [0.15, 0.2) is 22.6 Å². The molecule has 2 aromatic rings. The zero-order valence-electron chi connectivity index (χ0n) is 9.19. The van der Waals surface area contributed by atoms with Crippen LogP contribution in [0.5, 0.6) is 0 Å².